The molecule has 4 aliphatic rings. The van der Waals surface area contributed by atoms with Crippen LogP contribution in [-0.2, 0) is 14.3 Å². The summed E-state index contributed by atoms with van der Waals surface area (Å²) in [6, 6.07) is -0.594. The van der Waals surface area contributed by atoms with E-state index in [0.29, 0.717) is 51.9 Å². The molecule has 2 atom stereocenters. The lowest BCUT2D eigenvalue weighted by molar-refractivity contribution is -0.144. The van der Waals surface area contributed by atoms with E-state index in [1.54, 1.807) is 0 Å². The van der Waals surface area contributed by atoms with E-state index in [0.717, 1.165) is 38.5 Å². The van der Waals surface area contributed by atoms with Crippen LogP contribution in [0.3, 0.4) is 0 Å². The second-order valence-corrected chi connectivity index (χ2v) is 23.3. The molecule has 4 saturated heterocycles. The van der Waals surface area contributed by atoms with Crippen molar-refractivity contribution in [1.29, 1.82) is 0 Å². The van der Waals surface area contributed by atoms with Gasteiger partial charge in [-0.15, -0.1) is 0 Å². The molecule has 4 N–H and O–H groups in total. The summed E-state index contributed by atoms with van der Waals surface area (Å²) < 4.78 is 5.98. The number of piperidine rings is 2. The molecule has 376 valence electrons. The summed E-state index contributed by atoms with van der Waals surface area (Å²) >= 11 is 0. The van der Waals surface area contributed by atoms with Crippen LogP contribution in [0.25, 0.3) is 0 Å². The van der Waals surface area contributed by atoms with E-state index in [1.807, 2.05) is 0 Å². The average Bonchev–Trinajstić information content (AvgIpc) is 3.55. The summed E-state index contributed by atoms with van der Waals surface area (Å²) in [5.74, 6) is -0.262. The van der Waals surface area contributed by atoms with Crippen molar-refractivity contribution in [3.05, 3.63) is 0 Å². The highest BCUT2D eigenvalue weighted by atomic mass is 16.5. The average molecular weight is 917 g/mol. The fourth-order valence-corrected chi connectivity index (χ4v) is 12.7. The summed E-state index contributed by atoms with van der Waals surface area (Å²) in [6.07, 6.45) is 23.9. The van der Waals surface area contributed by atoms with Gasteiger partial charge < -0.3 is 25.6 Å². The number of aliphatic hydroxyl groups excluding tert-OH is 2. The predicted molar refractivity (Wildman–Crippen MR) is 261 cm³/mol. The van der Waals surface area contributed by atoms with Gasteiger partial charge in [0.2, 0.25) is 0 Å². The molecular formula is C52H96N6O7. The number of carbonyl (C=O) groups is 4. The zero-order chi connectivity index (χ0) is 48.1. The van der Waals surface area contributed by atoms with Crippen molar-refractivity contribution in [2.24, 2.45) is 0 Å². The normalized spacial score (nSPS) is 23.1. The highest BCUT2D eigenvalue weighted by molar-refractivity contribution is 6.08. The summed E-state index contributed by atoms with van der Waals surface area (Å²) in [4.78, 5) is 61.9. The van der Waals surface area contributed by atoms with Crippen LogP contribution in [0.4, 0.5) is 9.59 Å². The van der Waals surface area contributed by atoms with E-state index in [4.69, 9.17) is 4.74 Å². The molecule has 0 aromatic carbocycles. The molecule has 13 heteroatoms. The molecule has 6 amide bonds. The largest absolute Gasteiger partial charge is 0.389 e. The van der Waals surface area contributed by atoms with Crippen LogP contribution in [0, 0.1) is 0 Å². The number of rotatable bonds is 30. The Morgan fingerprint density at radius 2 is 0.723 bits per heavy atom. The number of unbranched alkanes of at least 4 members (excludes halogenated alkanes) is 18. The first-order valence-electron chi connectivity index (χ1n) is 26.3. The topological polar surface area (TPSA) is 155 Å². The molecule has 0 aromatic rings. The van der Waals surface area contributed by atoms with E-state index in [1.165, 1.54) is 99.7 Å². The van der Waals surface area contributed by atoms with Crippen molar-refractivity contribution in [1.82, 2.24) is 30.2 Å². The molecule has 13 nitrogen and oxygen atoms in total. The van der Waals surface area contributed by atoms with Crippen LogP contribution in [0.2, 0.25) is 0 Å². The van der Waals surface area contributed by atoms with Gasteiger partial charge in [-0.05, 0) is 93.9 Å². The van der Waals surface area contributed by atoms with Crippen LogP contribution in [0.1, 0.15) is 223 Å². The Labute approximate surface area is 395 Å². The molecule has 4 fully saturated rings. The number of nitrogens with one attached hydrogen (secondary N) is 2. The van der Waals surface area contributed by atoms with E-state index in [-0.39, 0.29) is 37.1 Å². The molecule has 4 rings (SSSR count). The number of imide groups is 2. The number of aliphatic hydroxyl groups is 2. The van der Waals surface area contributed by atoms with Gasteiger partial charge >= 0.3 is 12.1 Å². The lowest BCUT2D eigenvalue weighted by Crippen LogP contribution is -2.70. The van der Waals surface area contributed by atoms with Crippen LogP contribution in [-0.4, -0.2) is 139 Å². The third-order valence-corrected chi connectivity index (χ3v) is 15.2. The van der Waals surface area contributed by atoms with Gasteiger partial charge in [-0.25, -0.2) is 9.59 Å². The minimum Gasteiger partial charge on any atom is -0.389 e. The van der Waals surface area contributed by atoms with Crippen LogP contribution in [0.15, 0.2) is 0 Å². The van der Waals surface area contributed by atoms with Gasteiger partial charge in [0.25, 0.3) is 11.8 Å². The Hall–Kier alpha value is -2.32. The standard InChI is InChI=1S/C52H96N6O7/c1-11-13-15-17-19-21-23-25-27-29-31-55-43(61)51(53-45(55)63)37-47(3,4)57(48(5,6)38-51)33-41(59)35-65-36-42(60)34-58-49(7,8)39-52(40-50(58,9)10)44(62)56(46(64)54-52)32-30-28-26-24-22-20-18-16-14-12-2/h41-42,59-60H,11-40H2,1-10H3,(H,53,63)(H,54,64). The SMILES string of the molecule is CCCCCCCCCCCCN1C(=O)NC2(CC(C)(C)N(CC(O)COCC(O)CN3C(C)(C)CC4(CC3(C)C)NC(=O)N(CCCCCCCCCCCC)C4=O)C(C)(C)C2)C1=O. The first-order valence-corrected chi connectivity index (χ1v) is 26.3. The molecule has 4 aliphatic heterocycles. The van der Waals surface area contributed by atoms with Crippen LogP contribution in [0.5, 0.6) is 0 Å². The van der Waals surface area contributed by atoms with Crippen molar-refractivity contribution in [3.63, 3.8) is 0 Å². The molecule has 0 radical (unpaired) electrons. The van der Waals surface area contributed by atoms with Crippen molar-refractivity contribution < 1.29 is 34.1 Å². The van der Waals surface area contributed by atoms with Gasteiger partial charge in [0, 0.05) is 48.3 Å². The summed E-state index contributed by atoms with van der Waals surface area (Å²) in [6.45, 7) is 22.6. The highest BCUT2D eigenvalue weighted by Crippen LogP contribution is 2.47. The van der Waals surface area contributed by atoms with Crippen LogP contribution >= 0.6 is 0 Å². The first kappa shape index (κ1) is 55.3. The Bertz CT molecular complexity index is 1390. The molecule has 0 saturated carbocycles. The number of urea groups is 2. The van der Waals surface area contributed by atoms with E-state index < -0.39 is 45.4 Å². The van der Waals surface area contributed by atoms with Gasteiger partial charge in [0.1, 0.15) is 11.1 Å². The number of hydrogen-bond acceptors (Lipinski definition) is 9. The number of amides is 6. The van der Waals surface area contributed by atoms with Gasteiger partial charge in [0.15, 0.2) is 0 Å². The van der Waals surface area contributed by atoms with Crippen molar-refractivity contribution in [2.75, 3.05) is 39.4 Å². The van der Waals surface area contributed by atoms with Gasteiger partial charge in [0.05, 0.1) is 25.4 Å². The maximum absolute atomic E-state index is 14.0. The second kappa shape index (κ2) is 24.3. The molecule has 2 unspecified atom stereocenters. The van der Waals surface area contributed by atoms with Gasteiger partial charge in [-0.2, -0.15) is 0 Å². The van der Waals surface area contributed by atoms with Gasteiger partial charge in [-0.1, -0.05) is 129 Å². The Kier molecular flexibility index (Phi) is 20.7. The fraction of sp³-hybridized carbons (Fsp3) is 0.923. The van der Waals surface area contributed by atoms with Crippen molar-refractivity contribution in [3.8, 4) is 0 Å². The molecule has 4 heterocycles. The summed E-state index contributed by atoms with van der Waals surface area (Å²) in [5.41, 5.74) is -4.06. The number of β-amino-alcohol motifs (C(OH)–C–C–N with tert-alkyl or cyclic N) is 2. The number of carbonyl (C=O) groups excluding carboxylic acids is 4. The molecule has 2 spiro atoms. The zero-order valence-corrected chi connectivity index (χ0v) is 43.1. The Morgan fingerprint density at radius 3 is 1.00 bits per heavy atom. The zero-order valence-electron chi connectivity index (χ0n) is 43.1. The minimum atomic E-state index is -0.983. The summed E-state index contributed by atoms with van der Waals surface area (Å²) in [7, 11) is 0. The Balaban J connectivity index is 1.21. The van der Waals surface area contributed by atoms with Gasteiger partial charge in [-0.3, -0.25) is 29.2 Å². The lowest BCUT2D eigenvalue weighted by atomic mass is 9.68. The Morgan fingerprint density at radius 1 is 0.462 bits per heavy atom. The van der Waals surface area contributed by atoms with E-state index >= 15 is 0 Å². The minimum absolute atomic E-state index is 0.0263. The molecule has 65 heavy (non-hydrogen) atoms. The molecule has 0 aromatic heterocycles. The second-order valence-electron chi connectivity index (χ2n) is 23.3. The first-order chi connectivity index (χ1) is 30.6. The molecule has 0 bridgehead atoms. The monoisotopic (exact) mass is 917 g/mol. The molecule has 0 aliphatic carbocycles. The third-order valence-electron chi connectivity index (χ3n) is 15.2. The maximum Gasteiger partial charge on any atom is 0.325 e. The highest BCUT2D eigenvalue weighted by Gasteiger charge is 2.62. The number of likely N-dealkylation sites (tertiary alicyclic amines) is 2. The predicted octanol–water partition coefficient (Wildman–Crippen LogP) is 9.45. The fourth-order valence-electron chi connectivity index (χ4n) is 12.7. The lowest BCUT2D eigenvalue weighted by Gasteiger charge is -2.58. The van der Waals surface area contributed by atoms with E-state index in [9.17, 15) is 29.4 Å². The third kappa shape index (κ3) is 14.8. The van der Waals surface area contributed by atoms with Crippen LogP contribution < -0.4 is 10.6 Å². The van der Waals surface area contributed by atoms with Crippen molar-refractivity contribution >= 4 is 23.9 Å². The smallest absolute Gasteiger partial charge is 0.325 e. The van der Waals surface area contributed by atoms with Crippen molar-refractivity contribution in [2.45, 2.75) is 269 Å². The number of nitrogens with zero attached hydrogens (tertiary/aromatic N) is 4. The van der Waals surface area contributed by atoms with E-state index in [2.05, 4.69) is 89.7 Å². The quantitative estimate of drug-likeness (QED) is 0.0408. The summed E-state index contributed by atoms with van der Waals surface area (Å²) in [5, 5.41) is 28.9. The molecular weight excluding hydrogens is 821 g/mol. The maximum atomic E-state index is 14.0. The number of ether oxygens (including phenoxy) is 1. The number of hydrogen-bond donors (Lipinski definition) is 4.